The Morgan fingerprint density at radius 2 is 1.77 bits per heavy atom. The molecule has 3 aromatic rings. The molecule has 40 heavy (non-hydrogen) atoms. The topological polar surface area (TPSA) is 109 Å². The molecule has 6 rings (SSSR count). The van der Waals surface area contributed by atoms with Gasteiger partial charge in [-0.1, -0.05) is 31.2 Å². The van der Waals surface area contributed by atoms with Crippen molar-refractivity contribution in [3.8, 4) is 5.75 Å². The molecule has 10 heteroatoms. The minimum atomic E-state index is -3.96. The number of aromatic hydroxyl groups is 1. The molecule has 0 aliphatic heterocycles. The highest BCUT2D eigenvalue weighted by Gasteiger charge is 2.59. The normalized spacial score (nSPS) is 28.2. The van der Waals surface area contributed by atoms with E-state index in [1.807, 2.05) is 12.1 Å². The monoisotopic (exact) mass is 599 g/mol. The number of ketones is 1. The molecule has 3 aliphatic carbocycles. The van der Waals surface area contributed by atoms with E-state index in [1.54, 1.807) is 24.3 Å². The summed E-state index contributed by atoms with van der Waals surface area (Å²) < 4.78 is 54.6. The number of phenols is 1. The number of aryl methyl sites for hydroxylation is 1. The molecule has 2 fully saturated rings. The van der Waals surface area contributed by atoms with Gasteiger partial charge in [0.15, 0.2) is 0 Å². The summed E-state index contributed by atoms with van der Waals surface area (Å²) in [5.74, 6) is 1.00. The molecule has 7 nitrogen and oxygen atoms in total. The Kier molecular flexibility index (Phi) is 6.76. The molecule has 2 saturated carbocycles. The largest absolute Gasteiger partial charge is 0.508 e. The average Bonchev–Trinajstić information content (AvgIpc) is 3.53. The number of sulfonamides is 1. The maximum absolute atomic E-state index is 13.6. The minimum Gasteiger partial charge on any atom is -0.508 e. The van der Waals surface area contributed by atoms with Crippen LogP contribution in [-0.2, 0) is 31.1 Å². The number of carbonyl (C=O) groups excluding carboxylic acids is 1. The molecule has 212 valence electrons. The van der Waals surface area contributed by atoms with Gasteiger partial charge in [0.1, 0.15) is 15.7 Å². The van der Waals surface area contributed by atoms with Crippen LogP contribution in [0.1, 0.15) is 49.7 Å². The molecular weight excluding hydrogens is 567 g/mol. The van der Waals surface area contributed by atoms with Gasteiger partial charge in [0.25, 0.3) is 10.0 Å². The van der Waals surface area contributed by atoms with Crippen molar-refractivity contribution in [2.45, 2.75) is 58.9 Å². The van der Waals surface area contributed by atoms with Crippen molar-refractivity contribution >= 4 is 37.0 Å². The summed E-state index contributed by atoms with van der Waals surface area (Å²) in [5, 5.41) is 11.4. The third kappa shape index (κ3) is 4.35. The van der Waals surface area contributed by atoms with Crippen LogP contribution >= 0.6 is 11.3 Å². The van der Waals surface area contributed by atoms with Gasteiger partial charge in [0, 0.05) is 30.8 Å². The van der Waals surface area contributed by atoms with E-state index in [2.05, 4.69) is 6.92 Å². The van der Waals surface area contributed by atoms with E-state index < -0.39 is 25.3 Å². The molecule has 3 unspecified atom stereocenters. The summed E-state index contributed by atoms with van der Waals surface area (Å²) in [4.78, 5) is 13.5. The lowest BCUT2D eigenvalue weighted by Gasteiger charge is -2.50. The number of fused-ring (bicyclic) bond motifs is 5. The van der Waals surface area contributed by atoms with Gasteiger partial charge in [-0.2, -0.15) is 4.31 Å². The second kappa shape index (κ2) is 9.79. The van der Waals surface area contributed by atoms with Crippen LogP contribution in [0.5, 0.6) is 5.75 Å². The molecule has 5 atom stereocenters. The second-order valence-corrected chi connectivity index (χ2v) is 16.9. The maximum atomic E-state index is 13.6. The number of hydrogen-bond donors (Lipinski definition) is 1. The third-order valence-corrected chi connectivity index (χ3v) is 14.8. The molecular formula is C30H33NO6S3. The van der Waals surface area contributed by atoms with Crippen LogP contribution in [0.3, 0.4) is 0 Å². The Hall–Kier alpha value is -2.53. The highest BCUT2D eigenvalue weighted by atomic mass is 32.2. The van der Waals surface area contributed by atoms with Gasteiger partial charge in [-0.25, -0.2) is 16.8 Å². The number of thiophene rings is 1. The molecule has 0 radical (unpaired) electrons. The van der Waals surface area contributed by atoms with E-state index >= 15 is 0 Å². The number of sulfone groups is 1. The number of phenolic OH excluding ortho intramolecular Hbond substituents is 1. The lowest BCUT2D eigenvalue weighted by molar-refractivity contribution is -0.129. The second-order valence-electron chi connectivity index (χ2n) is 11.8. The Morgan fingerprint density at radius 1 is 1.02 bits per heavy atom. The lowest BCUT2D eigenvalue weighted by atomic mass is 9.54. The Bertz CT molecular complexity index is 1680. The Morgan fingerprint density at radius 3 is 2.52 bits per heavy atom. The molecule has 1 N–H and O–H groups in total. The fourth-order valence-corrected chi connectivity index (χ4v) is 12.0. The number of rotatable bonds is 6. The number of hydrogen-bond acceptors (Lipinski definition) is 7. The Labute approximate surface area is 239 Å². The van der Waals surface area contributed by atoms with Gasteiger partial charge in [0.2, 0.25) is 9.84 Å². The molecule has 0 bridgehead atoms. The van der Waals surface area contributed by atoms with Gasteiger partial charge in [-0.15, -0.1) is 11.3 Å². The summed E-state index contributed by atoms with van der Waals surface area (Å²) in [6.45, 7) is 2.27. The first-order valence-corrected chi connectivity index (χ1v) is 17.4. The van der Waals surface area contributed by atoms with Crippen molar-refractivity contribution in [3.05, 3.63) is 71.1 Å². The summed E-state index contributed by atoms with van der Waals surface area (Å²) >= 11 is 0.902. The fourth-order valence-electron chi connectivity index (χ4n) is 7.68. The van der Waals surface area contributed by atoms with E-state index in [-0.39, 0.29) is 49.8 Å². The van der Waals surface area contributed by atoms with E-state index in [1.165, 1.54) is 46.1 Å². The van der Waals surface area contributed by atoms with E-state index in [0.29, 0.717) is 12.3 Å². The molecule has 0 amide bonds. The van der Waals surface area contributed by atoms with Crippen LogP contribution in [0.25, 0.3) is 0 Å². The van der Waals surface area contributed by atoms with Gasteiger partial charge in [0.05, 0.1) is 9.79 Å². The molecule has 1 aromatic heterocycles. The molecule has 1 heterocycles. The van der Waals surface area contributed by atoms with Crippen molar-refractivity contribution in [2.75, 3.05) is 13.6 Å². The predicted molar refractivity (Wildman–Crippen MR) is 153 cm³/mol. The maximum Gasteiger partial charge on any atom is 0.252 e. The first-order chi connectivity index (χ1) is 18.9. The fraction of sp³-hybridized carbons (Fsp3) is 0.433. The van der Waals surface area contributed by atoms with Gasteiger partial charge in [-0.05, 0) is 90.8 Å². The molecule has 0 spiro atoms. The number of benzene rings is 2. The minimum absolute atomic E-state index is 0.0236. The summed E-state index contributed by atoms with van der Waals surface area (Å²) in [7, 11) is -6.26. The standard InChI is InChI=1S/C30H33NO6S3/c1-30-13-12-25-24-11-9-21(32)14-19(24)8-10-26(25)29(30)20(15-27(30)33)17-31(2)40(36,37)28-16-23(18-38-28)39(34,35)22-6-4-3-5-7-22/h3-7,9,11,14,16,18,20,25-26,29,32H,8,10,12-13,15,17H2,1-2H3/t20-,25?,26?,29?,30-/m1/s1. The zero-order valence-corrected chi connectivity index (χ0v) is 24.9. The van der Waals surface area contributed by atoms with Crippen LogP contribution in [0, 0.1) is 23.2 Å². The quantitative estimate of drug-likeness (QED) is 0.414. The van der Waals surface area contributed by atoms with Crippen molar-refractivity contribution in [1.29, 1.82) is 0 Å². The van der Waals surface area contributed by atoms with Crippen molar-refractivity contribution in [2.24, 2.45) is 23.2 Å². The Balaban J connectivity index is 1.26. The third-order valence-electron chi connectivity index (χ3n) is 9.63. The number of nitrogens with zero attached hydrogens (tertiary/aromatic N) is 1. The first-order valence-electron chi connectivity index (χ1n) is 13.6. The summed E-state index contributed by atoms with van der Waals surface area (Å²) in [5.41, 5.74) is 1.95. The van der Waals surface area contributed by atoms with Gasteiger partial charge < -0.3 is 5.11 Å². The molecule has 0 saturated heterocycles. The van der Waals surface area contributed by atoms with Crippen LogP contribution < -0.4 is 0 Å². The number of carbonyl (C=O) groups is 1. The van der Waals surface area contributed by atoms with Crippen LogP contribution in [0.15, 0.2) is 74.0 Å². The van der Waals surface area contributed by atoms with E-state index in [4.69, 9.17) is 0 Å². The summed E-state index contributed by atoms with van der Waals surface area (Å²) in [6, 6.07) is 14.8. The molecule has 2 aromatic carbocycles. The van der Waals surface area contributed by atoms with Crippen molar-refractivity contribution < 1.29 is 26.7 Å². The predicted octanol–water partition coefficient (Wildman–Crippen LogP) is 5.26. The summed E-state index contributed by atoms with van der Waals surface area (Å²) in [6.07, 6.45) is 3.78. The van der Waals surface area contributed by atoms with Gasteiger partial charge in [-0.3, -0.25) is 4.79 Å². The first kappa shape index (κ1) is 27.6. The molecule has 3 aliphatic rings. The van der Waals surface area contributed by atoms with Crippen molar-refractivity contribution in [1.82, 2.24) is 4.31 Å². The average molecular weight is 600 g/mol. The highest BCUT2D eigenvalue weighted by Crippen LogP contribution is 2.61. The smallest absolute Gasteiger partial charge is 0.252 e. The zero-order valence-electron chi connectivity index (χ0n) is 22.5. The van der Waals surface area contributed by atoms with Crippen LogP contribution in [0.4, 0.5) is 0 Å². The van der Waals surface area contributed by atoms with Crippen LogP contribution in [-0.4, -0.2) is 45.6 Å². The van der Waals surface area contributed by atoms with Crippen molar-refractivity contribution in [3.63, 3.8) is 0 Å². The zero-order chi connectivity index (χ0) is 28.4. The SMILES string of the molecule is CN(C[C@H]1CC(=O)[C@@]2(C)CCC3c4ccc(O)cc4CCC3C12)S(=O)(=O)c1cc(S(=O)(=O)c2ccccc2)cs1. The lowest BCUT2D eigenvalue weighted by Crippen LogP contribution is -2.46. The van der Waals surface area contributed by atoms with E-state index in [9.17, 15) is 26.7 Å². The van der Waals surface area contributed by atoms with Gasteiger partial charge >= 0.3 is 0 Å². The highest BCUT2D eigenvalue weighted by molar-refractivity contribution is 7.92. The van der Waals surface area contributed by atoms with Crippen LogP contribution in [0.2, 0.25) is 0 Å². The number of Topliss-reactive ketones (excluding diaryl/α,β-unsaturated/α-hetero) is 1. The van der Waals surface area contributed by atoms with E-state index in [0.717, 1.165) is 37.0 Å².